The predicted molar refractivity (Wildman–Crippen MR) is 71.9 cm³/mol. The number of rotatable bonds is 5. The summed E-state index contributed by atoms with van der Waals surface area (Å²) >= 11 is 7.87. The smallest absolute Gasteiger partial charge is 0.254 e. The summed E-state index contributed by atoms with van der Waals surface area (Å²) in [4.78, 5) is 11.5. The van der Waals surface area contributed by atoms with Crippen LogP contribution in [0.25, 0.3) is 0 Å². The first kappa shape index (κ1) is 13.7. The molecule has 0 aromatic heterocycles. The van der Waals surface area contributed by atoms with Gasteiger partial charge in [-0.05, 0) is 35.5 Å². The van der Waals surface area contributed by atoms with Crippen LogP contribution in [0.5, 0.6) is 0 Å². The van der Waals surface area contributed by atoms with Gasteiger partial charge in [0.05, 0.1) is 5.56 Å². The highest BCUT2D eigenvalue weighted by Crippen LogP contribution is 2.14. The number of alkyl halides is 1. The van der Waals surface area contributed by atoms with Gasteiger partial charge in [0.15, 0.2) is 0 Å². The molecule has 1 aromatic rings. The van der Waals surface area contributed by atoms with E-state index in [2.05, 4.69) is 27.9 Å². The monoisotopic (exact) mass is 355 g/mol. The van der Waals surface area contributed by atoms with Crippen molar-refractivity contribution in [2.75, 3.05) is 11.0 Å². The van der Waals surface area contributed by atoms with Gasteiger partial charge in [-0.2, -0.15) is 0 Å². The summed E-state index contributed by atoms with van der Waals surface area (Å²) in [5, 5.41) is 2.96. The van der Waals surface area contributed by atoms with E-state index in [4.69, 9.17) is 11.6 Å². The highest BCUT2D eigenvalue weighted by molar-refractivity contribution is 14.1. The number of benzene rings is 1. The van der Waals surface area contributed by atoms with E-state index in [1.54, 1.807) is 0 Å². The van der Waals surface area contributed by atoms with Crippen LogP contribution in [0.15, 0.2) is 18.2 Å². The van der Waals surface area contributed by atoms with Crippen LogP contribution in [0.1, 0.15) is 23.2 Å². The molecule has 0 atom stereocenters. The summed E-state index contributed by atoms with van der Waals surface area (Å²) in [6.07, 6.45) is 1.95. The van der Waals surface area contributed by atoms with Gasteiger partial charge >= 0.3 is 0 Å². The standard InChI is InChI=1S/C11H12ClFINO/c12-8-3-4-9(10(13)7-8)11(16)15-6-2-1-5-14/h3-4,7H,1-2,5-6H2,(H,15,16). The van der Waals surface area contributed by atoms with Gasteiger partial charge in [0.1, 0.15) is 5.82 Å². The third-order valence-electron chi connectivity index (χ3n) is 2.02. The first-order chi connectivity index (χ1) is 7.65. The van der Waals surface area contributed by atoms with Gasteiger partial charge in [0.25, 0.3) is 5.91 Å². The van der Waals surface area contributed by atoms with Crippen molar-refractivity contribution < 1.29 is 9.18 Å². The molecule has 0 spiro atoms. The van der Waals surface area contributed by atoms with Crippen LogP contribution in [0, 0.1) is 5.82 Å². The van der Waals surface area contributed by atoms with Crippen LogP contribution in [0.2, 0.25) is 5.02 Å². The number of amides is 1. The van der Waals surface area contributed by atoms with Gasteiger partial charge in [-0.15, -0.1) is 0 Å². The Balaban J connectivity index is 2.53. The molecule has 0 unspecified atom stereocenters. The van der Waals surface area contributed by atoms with Crippen molar-refractivity contribution in [1.29, 1.82) is 0 Å². The normalized spacial score (nSPS) is 10.2. The van der Waals surface area contributed by atoms with Gasteiger partial charge < -0.3 is 5.32 Å². The molecule has 0 bridgehead atoms. The predicted octanol–water partition coefficient (Wildman–Crippen LogP) is 3.42. The Hall–Kier alpha value is -0.360. The van der Waals surface area contributed by atoms with Crippen LogP contribution in [-0.4, -0.2) is 16.9 Å². The molecule has 0 aliphatic rings. The maximum Gasteiger partial charge on any atom is 0.254 e. The fourth-order valence-corrected chi connectivity index (χ4v) is 1.89. The van der Waals surface area contributed by atoms with Crippen LogP contribution >= 0.6 is 34.2 Å². The van der Waals surface area contributed by atoms with Crippen LogP contribution in [0.4, 0.5) is 4.39 Å². The molecule has 0 fully saturated rings. The lowest BCUT2D eigenvalue weighted by atomic mass is 10.2. The van der Waals surface area contributed by atoms with E-state index in [-0.39, 0.29) is 11.5 Å². The molecule has 0 aliphatic heterocycles. The molecule has 0 saturated heterocycles. The van der Waals surface area contributed by atoms with Crippen molar-refractivity contribution in [2.24, 2.45) is 0 Å². The molecule has 1 amide bonds. The fraction of sp³-hybridized carbons (Fsp3) is 0.364. The van der Waals surface area contributed by atoms with Crippen molar-refractivity contribution in [2.45, 2.75) is 12.8 Å². The van der Waals surface area contributed by atoms with E-state index in [0.29, 0.717) is 11.6 Å². The first-order valence-corrected chi connectivity index (χ1v) is 6.84. The highest BCUT2D eigenvalue weighted by Gasteiger charge is 2.10. The Morgan fingerprint density at radius 3 is 2.81 bits per heavy atom. The van der Waals surface area contributed by atoms with Crippen molar-refractivity contribution in [3.8, 4) is 0 Å². The molecular weight excluding hydrogens is 343 g/mol. The molecule has 5 heteroatoms. The molecule has 16 heavy (non-hydrogen) atoms. The zero-order valence-corrected chi connectivity index (χ0v) is 11.5. The number of carbonyl (C=O) groups is 1. The van der Waals surface area contributed by atoms with Crippen molar-refractivity contribution in [1.82, 2.24) is 5.32 Å². The van der Waals surface area contributed by atoms with Crippen molar-refractivity contribution in [3.63, 3.8) is 0 Å². The molecule has 1 rings (SSSR count). The number of carbonyl (C=O) groups excluding carboxylic acids is 1. The summed E-state index contributed by atoms with van der Waals surface area (Å²) in [7, 11) is 0. The van der Waals surface area contributed by atoms with E-state index in [1.165, 1.54) is 12.1 Å². The maximum absolute atomic E-state index is 13.3. The molecule has 0 aliphatic carbocycles. The number of unbranched alkanes of at least 4 members (excludes halogenated alkanes) is 1. The Morgan fingerprint density at radius 2 is 2.19 bits per heavy atom. The second-order valence-corrected chi connectivity index (χ2v) is 4.79. The molecule has 0 heterocycles. The summed E-state index contributed by atoms with van der Waals surface area (Å²) in [5.74, 6) is -0.971. The minimum atomic E-state index is -0.584. The zero-order valence-electron chi connectivity index (χ0n) is 8.60. The van der Waals surface area contributed by atoms with Gasteiger partial charge in [0.2, 0.25) is 0 Å². The second-order valence-electron chi connectivity index (χ2n) is 3.28. The van der Waals surface area contributed by atoms with Crippen molar-refractivity contribution >= 4 is 40.1 Å². The highest BCUT2D eigenvalue weighted by atomic mass is 127. The lowest BCUT2D eigenvalue weighted by molar-refractivity contribution is 0.0949. The van der Waals surface area contributed by atoms with Gasteiger partial charge in [-0.25, -0.2) is 4.39 Å². The van der Waals surface area contributed by atoms with Crippen LogP contribution in [0.3, 0.4) is 0 Å². The fourth-order valence-electron chi connectivity index (χ4n) is 1.19. The Kier molecular flexibility index (Phi) is 6.05. The van der Waals surface area contributed by atoms with Crippen LogP contribution < -0.4 is 5.32 Å². The second kappa shape index (κ2) is 7.06. The summed E-state index contributed by atoms with van der Waals surface area (Å²) in [6, 6.07) is 4.04. The number of halogens is 3. The number of hydrogen-bond donors (Lipinski definition) is 1. The van der Waals surface area contributed by atoms with Crippen LogP contribution in [-0.2, 0) is 0 Å². The lowest BCUT2D eigenvalue weighted by Gasteiger charge is -2.05. The average molecular weight is 356 g/mol. The topological polar surface area (TPSA) is 29.1 Å². The Labute approximate surface area is 113 Å². The number of nitrogens with one attached hydrogen (secondary N) is 1. The average Bonchev–Trinajstić information content (AvgIpc) is 2.24. The van der Waals surface area contributed by atoms with E-state index in [9.17, 15) is 9.18 Å². The molecular formula is C11H12ClFINO. The van der Waals surface area contributed by atoms with E-state index in [1.807, 2.05) is 0 Å². The largest absolute Gasteiger partial charge is 0.352 e. The summed E-state index contributed by atoms with van der Waals surface area (Å²) in [6.45, 7) is 0.573. The third kappa shape index (κ3) is 4.25. The SMILES string of the molecule is O=C(NCCCCI)c1ccc(Cl)cc1F. The molecule has 1 N–H and O–H groups in total. The van der Waals surface area contributed by atoms with Gasteiger partial charge in [-0.3, -0.25) is 4.79 Å². The third-order valence-corrected chi connectivity index (χ3v) is 3.02. The number of hydrogen-bond acceptors (Lipinski definition) is 1. The molecule has 88 valence electrons. The lowest BCUT2D eigenvalue weighted by Crippen LogP contribution is -2.25. The van der Waals surface area contributed by atoms with E-state index in [0.717, 1.165) is 23.3 Å². The summed E-state index contributed by atoms with van der Waals surface area (Å²) < 4.78 is 14.4. The van der Waals surface area contributed by atoms with E-state index >= 15 is 0 Å². The Morgan fingerprint density at radius 1 is 1.44 bits per heavy atom. The molecule has 2 nitrogen and oxygen atoms in total. The first-order valence-electron chi connectivity index (χ1n) is 4.94. The van der Waals surface area contributed by atoms with Gasteiger partial charge in [0, 0.05) is 11.6 Å². The van der Waals surface area contributed by atoms with E-state index < -0.39 is 5.82 Å². The molecule has 0 radical (unpaired) electrons. The van der Waals surface area contributed by atoms with Gasteiger partial charge in [-0.1, -0.05) is 34.2 Å². The Bertz CT molecular complexity index is 373. The minimum absolute atomic E-state index is 0.0406. The minimum Gasteiger partial charge on any atom is -0.352 e. The van der Waals surface area contributed by atoms with Crippen molar-refractivity contribution in [3.05, 3.63) is 34.6 Å². The molecule has 1 aromatic carbocycles. The quantitative estimate of drug-likeness (QED) is 0.489. The maximum atomic E-state index is 13.3. The summed E-state index contributed by atoms with van der Waals surface area (Å²) in [5.41, 5.74) is 0.0406. The zero-order chi connectivity index (χ0) is 12.0. The molecule has 0 saturated carbocycles.